The summed E-state index contributed by atoms with van der Waals surface area (Å²) in [5.74, 6) is 2.83. The Hall–Kier alpha value is -2.08. The molecule has 6 nitrogen and oxygen atoms in total. The predicted molar refractivity (Wildman–Crippen MR) is 133 cm³/mol. The van der Waals surface area contributed by atoms with Crippen molar-refractivity contribution in [3.8, 4) is 0 Å². The summed E-state index contributed by atoms with van der Waals surface area (Å²) in [6.45, 7) is 11.5. The molecule has 1 aromatic rings. The average molecular weight is 440 g/mol. The highest BCUT2D eigenvalue weighted by molar-refractivity contribution is 5.81. The number of aliphatic hydroxyl groups is 1. The number of allylic oxidation sites excluding steroid dienone is 2. The maximum atomic E-state index is 10.0. The highest BCUT2D eigenvalue weighted by atomic mass is 16.3. The fourth-order valence-electron chi connectivity index (χ4n) is 6.79. The zero-order valence-corrected chi connectivity index (χ0v) is 20.6. The van der Waals surface area contributed by atoms with Crippen molar-refractivity contribution < 1.29 is 5.11 Å². The van der Waals surface area contributed by atoms with Gasteiger partial charge in [-0.05, 0) is 73.7 Å². The van der Waals surface area contributed by atoms with Crippen LogP contribution in [0.4, 0.5) is 17.3 Å². The van der Waals surface area contributed by atoms with Crippen LogP contribution in [0, 0.1) is 22.7 Å². The number of aliphatic hydroxyl groups excluding tert-OH is 1. The van der Waals surface area contributed by atoms with Gasteiger partial charge in [-0.3, -0.25) is 0 Å². The minimum absolute atomic E-state index is 0.160. The maximum Gasteiger partial charge on any atom is 0.159 e. The van der Waals surface area contributed by atoms with Crippen LogP contribution in [0.3, 0.4) is 0 Å². The van der Waals surface area contributed by atoms with Crippen molar-refractivity contribution in [1.29, 1.82) is 0 Å². The molecular weight excluding hydrogens is 398 g/mol. The summed E-state index contributed by atoms with van der Waals surface area (Å²) in [5.41, 5.74) is 10.3. The largest absolute Gasteiger partial charge is 0.392 e. The quantitative estimate of drug-likeness (QED) is 0.622. The lowest BCUT2D eigenvalue weighted by Crippen LogP contribution is -2.50. The molecule has 0 spiro atoms. The van der Waals surface area contributed by atoms with Crippen LogP contribution in [0.15, 0.2) is 29.6 Å². The van der Waals surface area contributed by atoms with E-state index in [0.29, 0.717) is 23.1 Å². The highest BCUT2D eigenvalue weighted by Gasteiger charge is 2.53. The van der Waals surface area contributed by atoms with Crippen LogP contribution in [-0.4, -0.2) is 41.9 Å². The van der Waals surface area contributed by atoms with E-state index in [9.17, 15) is 5.11 Å². The third kappa shape index (κ3) is 3.81. The smallest absolute Gasteiger partial charge is 0.159 e. The van der Waals surface area contributed by atoms with Gasteiger partial charge in [0.2, 0.25) is 0 Å². The van der Waals surface area contributed by atoms with Crippen LogP contribution in [0.5, 0.6) is 0 Å². The van der Waals surface area contributed by atoms with Crippen molar-refractivity contribution in [3.63, 3.8) is 0 Å². The molecule has 2 heterocycles. The van der Waals surface area contributed by atoms with Crippen molar-refractivity contribution in [2.45, 2.75) is 66.2 Å². The van der Waals surface area contributed by atoms with Gasteiger partial charge in [-0.15, -0.1) is 0 Å². The first-order valence-corrected chi connectivity index (χ1v) is 12.2. The molecule has 0 bridgehead atoms. The third-order valence-corrected chi connectivity index (χ3v) is 9.15. The number of hydrogen-bond acceptors (Lipinski definition) is 6. The van der Waals surface area contributed by atoms with Crippen molar-refractivity contribution >= 4 is 17.3 Å². The molecule has 6 heteroatoms. The molecule has 0 unspecified atom stereocenters. The van der Waals surface area contributed by atoms with Crippen molar-refractivity contribution in [2.24, 2.45) is 22.7 Å². The van der Waals surface area contributed by atoms with Gasteiger partial charge in [0, 0.05) is 13.6 Å². The fourth-order valence-corrected chi connectivity index (χ4v) is 6.79. The number of nitrogen functional groups attached to an aromatic ring is 1. The number of nitrogens with two attached hydrogens (primary N) is 1. The molecule has 4 atom stereocenters. The summed E-state index contributed by atoms with van der Waals surface area (Å²) >= 11 is 0. The second-order valence-electron chi connectivity index (χ2n) is 10.9. The molecule has 176 valence electrons. The third-order valence-electron chi connectivity index (χ3n) is 9.15. The molecule has 3 N–H and O–H groups in total. The predicted octanol–water partition coefficient (Wildman–Crippen LogP) is 4.77. The van der Waals surface area contributed by atoms with Crippen LogP contribution < -0.4 is 15.5 Å². The number of aromatic nitrogens is 2. The Morgan fingerprint density at radius 3 is 2.84 bits per heavy atom. The SMILES string of the molecule is C/C(=C\CN1CN(C)c2ncnc(N)c21)CC[C@]1(C)[C@@H](C)CC[C@@]2(C)C(CO)=CCC[C@@H]12. The van der Waals surface area contributed by atoms with Gasteiger partial charge in [-0.1, -0.05) is 38.5 Å². The molecule has 1 aromatic heterocycles. The zero-order chi connectivity index (χ0) is 23.1. The lowest BCUT2D eigenvalue weighted by molar-refractivity contribution is -0.0507. The van der Waals surface area contributed by atoms with Crippen LogP contribution in [0.25, 0.3) is 0 Å². The van der Waals surface area contributed by atoms with E-state index in [1.165, 1.54) is 43.2 Å². The van der Waals surface area contributed by atoms with Crippen LogP contribution in [-0.2, 0) is 0 Å². The van der Waals surface area contributed by atoms with E-state index in [2.05, 4.69) is 59.6 Å². The Kier molecular flexibility index (Phi) is 6.27. The van der Waals surface area contributed by atoms with Crippen molar-refractivity contribution in [1.82, 2.24) is 9.97 Å². The molecule has 2 aliphatic carbocycles. The molecule has 1 aliphatic heterocycles. The molecule has 1 saturated carbocycles. The maximum absolute atomic E-state index is 10.0. The summed E-state index contributed by atoms with van der Waals surface area (Å²) < 4.78 is 0. The summed E-state index contributed by atoms with van der Waals surface area (Å²) in [6, 6.07) is 0. The molecule has 0 amide bonds. The van der Waals surface area contributed by atoms with E-state index in [1.807, 2.05) is 7.05 Å². The van der Waals surface area contributed by atoms with Crippen LogP contribution >= 0.6 is 0 Å². The average Bonchev–Trinajstić information content (AvgIpc) is 3.10. The first-order chi connectivity index (χ1) is 15.2. The molecule has 0 aromatic carbocycles. The molecular formula is C26H41N5O. The Morgan fingerprint density at radius 2 is 2.09 bits per heavy atom. The van der Waals surface area contributed by atoms with E-state index in [0.717, 1.165) is 37.6 Å². The second-order valence-corrected chi connectivity index (χ2v) is 10.9. The Labute approximate surface area is 193 Å². The molecule has 4 rings (SSSR count). The fraction of sp³-hybridized carbons (Fsp3) is 0.692. The van der Waals surface area contributed by atoms with Crippen molar-refractivity contribution in [2.75, 3.05) is 42.4 Å². The van der Waals surface area contributed by atoms with Crippen LogP contribution in [0.1, 0.15) is 66.2 Å². The number of rotatable bonds is 6. The monoisotopic (exact) mass is 439 g/mol. The van der Waals surface area contributed by atoms with Gasteiger partial charge in [-0.25, -0.2) is 9.97 Å². The number of fused-ring (bicyclic) bond motifs is 2. The summed E-state index contributed by atoms with van der Waals surface area (Å²) in [6.07, 6.45) is 13.3. The summed E-state index contributed by atoms with van der Waals surface area (Å²) in [5, 5.41) is 10.0. The van der Waals surface area contributed by atoms with E-state index in [-0.39, 0.29) is 12.0 Å². The number of anilines is 3. The Bertz CT molecular complexity index is 911. The topological polar surface area (TPSA) is 78.5 Å². The second kappa shape index (κ2) is 8.69. The molecule has 0 radical (unpaired) electrons. The van der Waals surface area contributed by atoms with Crippen molar-refractivity contribution in [3.05, 3.63) is 29.6 Å². The minimum Gasteiger partial charge on any atom is -0.392 e. The van der Waals surface area contributed by atoms with E-state index in [1.54, 1.807) is 0 Å². The molecule has 32 heavy (non-hydrogen) atoms. The van der Waals surface area contributed by atoms with E-state index >= 15 is 0 Å². The number of nitrogens with zero attached hydrogens (tertiary/aromatic N) is 4. The lowest BCUT2D eigenvalue weighted by Gasteiger charge is -2.58. The normalized spacial score (nSPS) is 32.6. The summed E-state index contributed by atoms with van der Waals surface area (Å²) in [7, 11) is 2.05. The van der Waals surface area contributed by atoms with E-state index in [4.69, 9.17) is 5.73 Å². The molecule has 0 saturated heterocycles. The minimum atomic E-state index is 0.160. The van der Waals surface area contributed by atoms with Crippen LogP contribution in [0.2, 0.25) is 0 Å². The Morgan fingerprint density at radius 1 is 1.31 bits per heavy atom. The number of hydrogen-bond donors (Lipinski definition) is 2. The standard InChI is InChI=1S/C26H41N5O/c1-18(11-14-31-17-30(5)24-22(31)23(27)28-16-29-24)9-12-25(3)19(2)10-13-26(4)20(15-32)7-6-8-21(25)26/h7,11,16,19,21,32H,6,8-10,12-15,17H2,1-5H3,(H2,27,28,29)/b18-11+/t19-,21-,25+,26-/m0/s1. The van der Waals surface area contributed by atoms with Gasteiger partial charge in [0.25, 0.3) is 0 Å². The zero-order valence-electron chi connectivity index (χ0n) is 20.6. The van der Waals surface area contributed by atoms with Gasteiger partial charge in [0.15, 0.2) is 11.6 Å². The van der Waals surface area contributed by atoms with Gasteiger partial charge >= 0.3 is 0 Å². The molecule has 1 fully saturated rings. The molecule has 3 aliphatic rings. The van der Waals surface area contributed by atoms with Gasteiger partial charge in [0.05, 0.1) is 13.3 Å². The first kappa shape index (κ1) is 23.1. The summed E-state index contributed by atoms with van der Waals surface area (Å²) in [4.78, 5) is 13.0. The highest BCUT2D eigenvalue weighted by Crippen LogP contribution is 2.61. The van der Waals surface area contributed by atoms with Gasteiger partial charge in [0.1, 0.15) is 12.0 Å². The Balaban J connectivity index is 1.45. The lowest BCUT2D eigenvalue weighted by atomic mass is 9.47. The van der Waals surface area contributed by atoms with Gasteiger partial charge in [-0.2, -0.15) is 0 Å². The first-order valence-electron chi connectivity index (χ1n) is 12.2. The van der Waals surface area contributed by atoms with Gasteiger partial charge < -0.3 is 20.6 Å². The van der Waals surface area contributed by atoms with E-state index < -0.39 is 0 Å².